The SMILES string of the molecule is Cc1ccc(S(=O)(=O)/C=C2\COc3ccccc3C2=O)cc1. The monoisotopic (exact) mass is 314 g/mol. The van der Waals surface area contributed by atoms with Gasteiger partial charge in [-0.25, -0.2) is 8.42 Å². The number of Topliss-reactive ketones (excluding diaryl/α,β-unsaturated/α-hetero) is 1. The zero-order valence-electron chi connectivity index (χ0n) is 11.9. The van der Waals surface area contributed by atoms with Crippen LogP contribution in [0.25, 0.3) is 0 Å². The van der Waals surface area contributed by atoms with Crippen molar-refractivity contribution < 1.29 is 17.9 Å². The third-order valence-corrected chi connectivity index (χ3v) is 4.98. The number of hydrogen-bond acceptors (Lipinski definition) is 4. The lowest BCUT2D eigenvalue weighted by molar-refractivity contribution is 0.0999. The summed E-state index contributed by atoms with van der Waals surface area (Å²) in [7, 11) is -3.67. The van der Waals surface area contributed by atoms with E-state index in [4.69, 9.17) is 4.74 Å². The molecule has 0 saturated heterocycles. The number of carbonyl (C=O) groups is 1. The lowest BCUT2D eigenvalue weighted by atomic mass is 10.0. The molecule has 112 valence electrons. The van der Waals surface area contributed by atoms with E-state index in [1.54, 1.807) is 36.4 Å². The zero-order valence-corrected chi connectivity index (χ0v) is 12.8. The highest BCUT2D eigenvalue weighted by Crippen LogP contribution is 2.27. The number of hydrogen-bond donors (Lipinski definition) is 0. The highest BCUT2D eigenvalue weighted by Gasteiger charge is 2.25. The van der Waals surface area contributed by atoms with Gasteiger partial charge in [0.1, 0.15) is 12.4 Å². The molecule has 1 aliphatic heterocycles. The molecule has 0 amide bonds. The fourth-order valence-electron chi connectivity index (χ4n) is 2.24. The molecule has 0 aliphatic carbocycles. The van der Waals surface area contributed by atoms with Gasteiger partial charge in [-0.1, -0.05) is 29.8 Å². The maximum Gasteiger partial charge on any atom is 0.200 e. The molecule has 0 radical (unpaired) electrons. The second-order valence-corrected chi connectivity index (χ2v) is 6.91. The number of carbonyl (C=O) groups excluding carboxylic acids is 1. The van der Waals surface area contributed by atoms with Gasteiger partial charge in [0, 0.05) is 11.0 Å². The molecule has 0 fully saturated rings. The predicted molar refractivity (Wildman–Crippen MR) is 82.7 cm³/mol. The van der Waals surface area contributed by atoms with Crippen molar-refractivity contribution >= 4 is 15.6 Å². The molecule has 4 nitrogen and oxygen atoms in total. The third kappa shape index (κ3) is 2.67. The van der Waals surface area contributed by atoms with Gasteiger partial charge in [-0.15, -0.1) is 0 Å². The van der Waals surface area contributed by atoms with Gasteiger partial charge in [-0.05, 0) is 31.2 Å². The van der Waals surface area contributed by atoms with E-state index in [2.05, 4.69) is 0 Å². The van der Waals surface area contributed by atoms with Crippen molar-refractivity contribution in [1.29, 1.82) is 0 Å². The molecule has 0 bridgehead atoms. The van der Waals surface area contributed by atoms with Crippen LogP contribution in [0.15, 0.2) is 64.4 Å². The maximum absolute atomic E-state index is 12.4. The van der Waals surface area contributed by atoms with Crippen molar-refractivity contribution in [1.82, 2.24) is 0 Å². The van der Waals surface area contributed by atoms with Crippen LogP contribution in [0, 0.1) is 6.92 Å². The maximum atomic E-state index is 12.4. The summed E-state index contributed by atoms with van der Waals surface area (Å²) in [6.07, 6.45) is 0. The molecule has 0 saturated carbocycles. The van der Waals surface area contributed by atoms with Gasteiger partial charge in [0.25, 0.3) is 0 Å². The number of benzene rings is 2. The number of para-hydroxylation sites is 1. The van der Waals surface area contributed by atoms with Crippen LogP contribution in [-0.2, 0) is 9.84 Å². The van der Waals surface area contributed by atoms with E-state index in [-0.39, 0.29) is 22.9 Å². The Morgan fingerprint density at radius 1 is 1.05 bits per heavy atom. The van der Waals surface area contributed by atoms with Gasteiger partial charge in [-0.2, -0.15) is 0 Å². The molecule has 0 N–H and O–H groups in total. The Labute approximate surface area is 129 Å². The summed E-state index contributed by atoms with van der Waals surface area (Å²) in [5, 5.41) is 1.01. The molecule has 1 aliphatic rings. The van der Waals surface area contributed by atoms with Crippen LogP contribution in [0.4, 0.5) is 0 Å². The molecular weight excluding hydrogens is 300 g/mol. The number of aryl methyl sites for hydroxylation is 1. The van der Waals surface area contributed by atoms with Gasteiger partial charge in [0.05, 0.1) is 10.5 Å². The normalized spacial score (nSPS) is 16.2. The van der Waals surface area contributed by atoms with E-state index >= 15 is 0 Å². The Morgan fingerprint density at radius 2 is 1.73 bits per heavy atom. The summed E-state index contributed by atoms with van der Waals surface area (Å²) in [5.74, 6) is 0.176. The topological polar surface area (TPSA) is 60.4 Å². The van der Waals surface area contributed by atoms with Crippen LogP contribution in [0.5, 0.6) is 5.75 Å². The summed E-state index contributed by atoms with van der Waals surface area (Å²) in [6, 6.07) is 13.3. The molecular formula is C17H14O4S. The van der Waals surface area contributed by atoms with E-state index in [1.165, 1.54) is 12.1 Å². The summed E-state index contributed by atoms with van der Waals surface area (Å²) in [6.45, 7) is 1.84. The lowest BCUT2D eigenvalue weighted by Gasteiger charge is -2.18. The van der Waals surface area contributed by atoms with Crippen molar-refractivity contribution in [3.8, 4) is 5.75 Å². The van der Waals surface area contributed by atoms with Crippen LogP contribution >= 0.6 is 0 Å². The minimum atomic E-state index is -3.67. The molecule has 0 aromatic heterocycles. The quantitative estimate of drug-likeness (QED) is 0.800. The van der Waals surface area contributed by atoms with Gasteiger partial charge in [0.2, 0.25) is 0 Å². The van der Waals surface area contributed by atoms with E-state index in [0.29, 0.717) is 11.3 Å². The first-order chi connectivity index (χ1) is 10.5. The summed E-state index contributed by atoms with van der Waals surface area (Å²) < 4.78 is 30.2. The summed E-state index contributed by atoms with van der Waals surface area (Å²) >= 11 is 0. The van der Waals surface area contributed by atoms with Crippen molar-refractivity contribution in [2.45, 2.75) is 11.8 Å². The van der Waals surface area contributed by atoms with Crippen LogP contribution < -0.4 is 4.74 Å². The van der Waals surface area contributed by atoms with Gasteiger partial charge in [-0.3, -0.25) is 4.79 Å². The van der Waals surface area contributed by atoms with E-state index in [0.717, 1.165) is 11.0 Å². The first-order valence-electron chi connectivity index (χ1n) is 6.76. The Hall–Kier alpha value is -2.40. The molecule has 2 aromatic rings. The summed E-state index contributed by atoms with van der Waals surface area (Å²) in [5.41, 5.74) is 1.50. The van der Waals surface area contributed by atoms with Crippen molar-refractivity contribution in [3.05, 3.63) is 70.6 Å². The van der Waals surface area contributed by atoms with E-state index < -0.39 is 9.84 Å². The van der Waals surface area contributed by atoms with Crippen molar-refractivity contribution in [2.75, 3.05) is 6.61 Å². The summed E-state index contributed by atoms with van der Waals surface area (Å²) in [4.78, 5) is 12.5. The Balaban J connectivity index is 1.99. The minimum Gasteiger partial charge on any atom is -0.488 e. The molecule has 3 rings (SSSR count). The lowest BCUT2D eigenvalue weighted by Crippen LogP contribution is -2.20. The van der Waals surface area contributed by atoms with Gasteiger partial charge in [0.15, 0.2) is 15.6 Å². The number of sulfone groups is 1. The van der Waals surface area contributed by atoms with Crippen LogP contribution in [0.2, 0.25) is 0 Å². The Morgan fingerprint density at radius 3 is 2.45 bits per heavy atom. The van der Waals surface area contributed by atoms with Crippen molar-refractivity contribution in [2.24, 2.45) is 0 Å². The first kappa shape index (κ1) is 14.5. The van der Waals surface area contributed by atoms with Crippen LogP contribution in [0.3, 0.4) is 0 Å². The van der Waals surface area contributed by atoms with Crippen LogP contribution in [0.1, 0.15) is 15.9 Å². The zero-order chi connectivity index (χ0) is 15.7. The number of ketones is 1. The van der Waals surface area contributed by atoms with Crippen molar-refractivity contribution in [3.63, 3.8) is 0 Å². The molecule has 22 heavy (non-hydrogen) atoms. The standard InChI is InChI=1S/C17H14O4S/c1-12-6-8-14(9-7-12)22(19,20)11-13-10-21-16-5-3-2-4-15(16)17(13)18/h2-9,11H,10H2,1H3/b13-11+. The molecule has 0 spiro atoms. The minimum absolute atomic E-state index is 0.0407. The third-order valence-electron chi connectivity index (χ3n) is 3.45. The number of rotatable bonds is 2. The largest absolute Gasteiger partial charge is 0.488 e. The average Bonchev–Trinajstić information content (AvgIpc) is 2.51. The van der Waals surface area contributed by atoms with Gasteiger partial charge >= 0.3 is 0 Å². The second kappa shape index (κ2) is 5.42. The van der Waals surface area contributed by atoms with Gasteiger partial charge < -0.3 is 4.74 Å². The predicted octanol–water partition coefficient (Wildman–Crippen LogP) is 2.93. The Kier molecular flexibility index (Phi) is 3.58. The molecule has 1 heterocycles. The molecule has 0 atom stereocenters. The molecule has 2 aromatic carbocycles. The number of ether oxygens (including phenoxy) is 1. The van der Waals surface area contributed by atoms with E-state index in [9.17, 15) is 13.2 Å². The fraction of sp³-hybridized carbons (Fsp3) is 0.118. The molecule has 5 heteroatoms. The highest BCUT2D eigenvalue weighted by atomic mass is 32.2. The van der Waals surface area contributed by atoms with Crippen LogP contribution in [-0.4, -0.2) is 20.8 Å². The van der Waals surface area contributed by atoms with E-state index in [1.807, 2.05) is 6.92 Å². The first-order valence-corrected chi connectivity index (χ1v) is 8.31. The second-order valence-electron chi connectivity index (χ2n) is 5.12. The fourth-order valence-corrected chi connectivity index (χ4v) is 3.45. The molecule has 0 unspecified atom stereocenters. The Bertz CT molecular complexity index is 862. The smallest absolute Gasteiger partial charge is 0.200 e. The average molecular weight is 314 g/mol. The highest BCUT2D eigenvalue weighted by molar-refractivity contribution is 7.94. The number of fused-ring (bicyclic) bond motifs is 1.